The maximum absolute atomic E-state index is 12.1. The molecule has 8 nitrogen and oxygen atoms in total. The minimum atomic E-state index is -0.547. The zero-order valence-corrected chi connectivity index (χ0v) is 14.9. The Bertz CT molecular complexity index is 887. The molecule has 1 aromatic carbocycles. The molecule has 1 aliphatic heterocycles. The van der Waals surface area contributed by atoms with Crippen molar-refractivity contribution in [3.8, 4) is 17.3 Å². The fraction of sp³-hybridized carbons (Fsp3) is 0.263. The summed E-state index contributed by atoms with van der Waals surface area (Å²) in [4.78, 5) is 26.9. The van der Waals surface area contributed by atoms with E-state index in [2.05, 4.69) is 25.9 Å². The maximum Gasteiger partial charge on any atom is 0.330 e. The number of amides is 1. The molecule has 8 heteroatoms. The molecule has 0 spiro atoms. The van der Waals surface area contributed by atoms with E-state index in [4.69, 9.17) is 5.26 Å². The second-order valence-electron chi connectivity index (χ2n) is 6.00. The van der Waals surface area contributed by atoms with Gasteiger partial charge in [-0.1, -0.05) is 12.1 Å². The first-order chi connectivity index (χ1) is 13.1. The van der Waals surface area contributed by atoms with Crippen molar-refractivity contribution in [3.05, 3.63) is 48.0 Å². The van der Waals surface area contributed by atoms with E-state index in [-0.39, 0.29) is 5.91 Å². The third-order valence-electron chi connectivity index (χ3n) is 4.37. The number of ether oxygens (including phenoxy) is 1. The summed E-state index contributed by atoms with van der Waals surface area (Å²) in [6.07, 6.45) is 2.37. The first-order valence-electron chi connectivity index (χ1n) is 8.46. The van der Waals surface area contributed by atoms with Crippen molar-refractivity contribution in [2.75, 3.05) is 38.2 Å². The smallest absolute Gasteiger partial charge is 0.330 e. The Kier molecular flexibility index (Phi) is 5.52. The van der Waals surface area contributed by atoms with Gasteiger partial charge in [-0.25, -0.2) is 4.79 Å². The van der Waals surface area contributed by atoms with Gasteiger partial charge in [0.15, 0.2) is 5.82 Å². The van der Waals surface area contributed by atoms with E-state index < -0.39 is 5.97 Å². The van der Waals surface area contributed by atoms with Crippen LogP contribution in [-0.4, -0.2) is 60.3 Å². The lowest BCUT2D eigenvalue weighted by molar-refractivity contribution is -0.135. The van der Waals surface area contributed by atoms with Gasteiger partial charge in [-0.05, 0) is 17.7 Å². The minimum Gasteiger partial charge on any atom is -0.466 e. The standard InChI is InChI=1S/C19H19N5O3/c1-27-19(26)7-6-18(25)24-10-8-23(9-11-24)17-12-16(21-22-17)15-4-2-14(13-20)3-5-15/h2-7,12H,8-11H2,1H3,(H,21,22)/b7-6+. The summed E-state index contributed by atoms with van der Waals surface area (Å²) in [6, 6.07) is 11.3. The lowest BCUT2D eigenvalue weighted by atomic mass is 10.1. The molecule has 138 valence electrons. The molecule has 27 heavy (non-hydrogen) atoms. The highest BCUT2D eigenvalue weighted by atomic mass is 16.5. The molecule has 0 aliphatic carbocycles. The van der Waals surface area contributed by atoms with Crippen molar-refractivity contribution >= 4 is 17.7 Å². The number of hydrogen-bond donors (Lipinski definition) is 1. The van der Waals surface area contributed by atoms with Gasteiger partial charge in [-0.3, -0.25) is 9.89 Å². The van der Waals surface area contributed by atoms with Crippen molar-refractivity contribution in [1.29, 1.82) is 5.26 Å². The highest BCUT2D eigenvalue weighted by Gasteiger charge is 2.21. The van der Waals surface area contributed by atoms with Gasteiger partial charge in [-0.2, -0.15) is 10.4 Å². The molecule has 0 unspecified atom stereocenters. The number of esters is 1. The van der Waals surface area contributed by atoms with Crippen LogP contribution in [0.1, 0.15) is 5.56 Å². The Morgan fingerprint density at radius 1 is 1.19 bits per heavy atom. The third kappa shape index (κ3) is 4.33. The summed E-state index contributed by atoms with van der Waals surface area (Å²) in [6.45, 7) is 2.39. The summed E-state index contributed by atoms with van der Waals surface area (Å²) in [7, 11) is 1.27. The number of nitrogens with one attached hydrogen (secondary N) is 1. The number of nitrogens with zero attached hydrogens (tertiary/aromatic N) is 4. The average molecular weight is 365 g/mol. The van der Waals surface area contributed by atoms with Crippen LogP contribution in [0.15, 0.2) is 42.5 Å². The number of anilines is 1. The van der Waals surface area contributed by atoms with Gasteiger partial charge in [0.2, 0.25) is 5.91 Å². The molecule has 3 rings (SSSR count). The van der Waals surface area contributed by atoms with Crippen LogP contribution in [0.3, 0.4) is 0 Å². The van der Waals surface area contributed by atoms with Crippen LogP contribution in [0, 0.1) is 11.3 Å². The van der Waals surface area contributed by atoms with Crippen LogP contribution in [0.4, 0.5) is 5.82 Å². The van der Waals surface area contributed by atoms with Gasteiger partial charge in [0.25, 0.3) is 0 Å². The summed E-state index contributed by atoms with van der Waals surface area (Å²) < 4.78 is 4.48. The SMILES string of the molecule is COC(=O)/C=C/C(=O)N1CCN(c2cc(-c3ccc(C#N)cc3)[nH]n2)CC1. The Morgan fingerprint density at radius 3 is 2.52 bits per heavy atom. The summed E-state index contributed by atoms with van der Waals surface area (Å²) in [5.74, 6) is 0.0563. The first kappa shape index (κ1) is 18.2. The van der Waals surface area contributed by atoms with Crippen LogP contribution >= 0.6 is 0 Å². The van der Waals surface area contributed by atoms with Crippen molar-refractivity contribution in [2.45, 2.75) is 0 Å². The van der Waals surface area contributed by atoms with E-state index >= 15 is 0 Å². The van der Waals surface area contributed by atoms with Crippen LogP contribution in [0.2, 0.25) is 0 Å². The molecule has 0 saturated carbocycles. The Morgan fingerprint density at radius 2 is 1.89 bits per heavy atom. The third-order valence-corrected chi connectivity index (χ3v) is 4.37. The highest BCUT2D eigenvalue weighted by molar-refractivity contribution is 5.94. The lowest BCUT2D eigenvalue weighted by Crippen LogP contribution is -2.48. The number of nitriles is 1. The van der Waals surface area contributed by atoms with Crippen molar-refractivity contribution in [1.82, 2.24) is 15.1 Å². The quantitative estimate of drug-likeness (QED) is 0.648. The summed E-state index contributed by atoms with van der Waals surface area (Å²) >= 11 is 0. The molecule has 2 heterocycles. The number of hydrogen-bond acceptors (Lipinski definition) is 6. The van der Waals surface area contributed by atoms with Gasteiger partial charge in [0, 0.05) is 44.4 Å². The molecule has 1 aliphatic rings. The van der Waals surface area contributed by atoms with Crippen LogP contribution in [-0.2, 0) is 14.3 Å². The molecule has 1 N–H and O–H groups in total. The molecule has 1 saturated heterocycles. The molecule has 1 fully saturated rings. The minimum absolute atomic E-state index is 0.208. The molecule has 2 aromatic rings. The van der Waals surface area contributed by atoms with E-state index in [0.29, 0.717) is 31.7 Å². The number of piperazine rings is 1. The zero-order chi connectivity index (χ0) is 19.2. The van der Waals surface area contributed by atoms with Gasteiger partial charge in [0.1, 0.15) is 0 Å². The highest BCUT2D eigenvalue weighted by Crippen LogP contribution is 2.23. The Hall–Kier alpha value is -3.60. The topological polar surface area (TPSA) is 102 Å². The number of benzene rings is 1. The lowest BCUT2D eigenvalue weighted by Gasteiger charge is -2.34. The van der Waals surface area contributed by atoms with Crippen molar-refractivity contribution in [3.63, 3.8) is 0 Å². The van der Waals surface area contributed by atoms with E-state index in [1.807, 2.05) is 18.2 Å². The predicted molar refractivity (Wildman–Crippen MR) is 98.7 cm³/mol. The fourth-order valence-corrected chi connectivity index (χ4v) is 2.81. The Balaban J connectivity index is 1.59. The van der Waals surface area contributed by atoms with Gasteiger partial charge in [0.05, 0.1) is 24.4 Å². The van der Waals surface area contributed by atoms with Crippen molar-refractivity contribution in [2.24, 2.45) is 0 Å². The van der Waals surface area contributed by atoms with Gasteiger partial charge in [-0.15, -0.1) is 0 Å². The largest absolute Gasteiger partial charge is 0.466 e. The zero-order valence-electron chi connectivity index (χ0n) is 14.9. The number of rotatable bonds is 4. The monoisotopic (exact) mass is 365 g/mol. The van der Waals surface area contributed by atoms with Crippen LogP contribution < -0.4 is 4.90 Å². The van der Waals surface area contributed by atoms with E-state index in [1.54, 1.807) is 17.0 Å². The normalized spacial score (nSPS) is 14.2. The van der Waals surface area contributed by atoms with E-state index in [1.165, 1.54) is 13.2 Å². The molecule has 0 atom stereocenters. The van der Waals surface area contributed by atoms with Crippen LogP contribution in [0.25, 0.3) is 11.3 Å². The average Bonchev–Trinajstić information content (AvgIpc) is 3.22. The Labute approximate surface area is 156 Å². The number of aromatic nitrogens is 2. The first-order valence-corrected chi connectivity index (χ1v) is 8.46. The molecular formula is C19H19N5O3. The molecule has 0 radical (unpaired) electrons. The number of methoxy groups -OCH3 is 1. The summed E-state index contributed by atoms with van der Waals surface area (Å²) in [5.41, 5.74) is 2.43. The maximum atomic E-state index is 12.1. The molecule has 0 bridgehead atoms. The van der Waals surface area contributed by atoms with Gasteiger partial charge < -0.3 is 14.5 Å². The van der Waals surface area contributed by atoms with E-state index in [9.17, 15) is 9.59 Å². The second kappa shape index (κ2) is 8.19. The van der Waals surface area contributed by atoms with Gasteiger partial charge >= 0.3 is 5.97 Å². The predicted octanol–water partition coefficient (Wildman–Crippen LogP) is 1.33. The van der Waals surface area contributed by atoms with Crippen LogP contribution in [0.5, 0.6) is 0 Å². The number of carbonyl (C=O) groups excluding carboxylic acids is 2. The molecule has 1 aromatic heterocycles. The van der Waals surface area contributed by atoms with Crippen molar-refractivity contribution < 1.29 is 14.3 Å². The number of carbonyl (C=O) groups is 2. The molecular weight excluding hydrogens is 346 g/mol. The second-order valence-corrected chi connectivity index (χ2v) is 6.00. The van der Waals surface area contributed by atoms with E-state index in [0.717, 1.165) is 23.2 Å². The number of H-pyrrole nitrogens is 1. The molecule has 1 amide bonds. The summed E-state index contributed by atoms with van der Waals surface area (Å²) in [5, 5.41) is 16.2. The fourth-order valence-electron chi connectivity index (χ4n) is 2.81. The number of aromatic amines is 1.